The van der Waals surface area contributed by atoms with Gasteiger partial charge in [0, 0.05) is 26.7 Å². The molecule has 21 heavy (non-hydrogen) atoms. The van der Waals surface area contributed by atoms with Crippen molar-refractivity contribution in [3.05, 3.63) is 0 Å². The molecule has 0 saturated carbocycles. The molecule has 0 aliphatic carbocycles. The third-order valence-electron chi connectivity index (χ3n) is 3.76. The normalized spacial score (nSPS) is 18.8. The molecule has 7 nitrogen and oxygen atoms in total. The van der Waals surface area contributed by atoms with Crippen molar-refractivity contribution < 1.29 is 4.74 Å². The van der Waals surface area contributed by atoms with Crippen LogP contribution < -0.4 is 15.0 Å². The van der Waals surface area contributed by atoms with Gasteiger partial charge in [-0.2, -0.15) is 15.0 Å². The summed E-state index contributed by atoms with van der Waals surface area (Å²) in [6.45, 7) is 4.75. The van der Waals surface area contributed by atoms with Gasteiger partial charge in [-0.05, 0) is 32.9 Å². The minimum absolute atomic E-state index is 0.387. The Labute approximate surface area is 126 Å². The molecule has 0 radical (unpaired) electrons. The zero-order valence-electron chi connectivity index (χ0n) is 13.5. The summed E-state index contributed by atoms with van der Waals surface area (Å²) < 4.78 is 5.54. The molecule has 0 aromatic carbocycles. The van der Waals surface area contributed by atoms with Crippen molar-refractivity contribution >= 4 is 11.9 Å². The summed E-state index contributed by atoms with van der Waals surface area (Å²) in [6.07, 6.45) is 3.42. The van der Waals surface area contributed by atoms with E-state index in [1.54, 1.807) is 7.05 Å². The fraction of sp³-hybridized carbons (Fsp3) is 0.786. The maximum atomic E-state index is 5.54. The smallest absolute Gasteiger partial charge is 0.323 e. The first-order valence-electron chi connectivity index (χ1n) is 7.62. The second-order valence-corrected chi connectivity index (χ2v) is 5.50. The number of hydrogen-bond acceptors (Lipinski definition) is 7. The van der Waals surface area contributed by atoms with Crippen molar-refractivity contribution in [2.24, 2.45) is 0 Å². The van der Waals surface area contributed by atoms with E-state index in [0.717, 1.165) is 13.0 Å². The number of aromatic nitrogens is 3. The fourth-order valence-corrected chi connectivity index (χ4v) is 2.49. The van der Waals surface area contributed by atoms with Gasteiger partial charge >= 0.3 is 6.01 Å². The summed E-state index contributed by atoms with van der Waals surface area (Å²) >= 11 is 0. The van der Waals surface area contributed by atoms with Gasteiger partial charge < -0.3 is 19.9 Å². The molecular formula is C14H26N6O. The summed E-state index contributed by atoms with van der Waals surface area (Å²) in [4.78, 5) is 17.5. The Bertz CT molecular complexity index is 455. The van der Waals surface area contributed by atoms with E-state index in [-0.39, 0.29) is 0 Å². The highest BCUT2D eigenvalue weighted by molar-refractivity contribution is 5.37. The van der Waals surface area contributed by atoms with Crippen LogP contribution in [0, 0.1) is 0 Å². The van der Waals surface area contributed by atoms with Gasteiger partial charge in [-0.15, -0.1) is 0 Å². The molecule has 118 valence electrons. The molecule has 2 rings (SSSR count). The molecule has 1 atom stereocenters. The lowest BCUT2D eigenvalue weighted by atomic mass is 10.2. The molecule has 0 spiro atoms. The van der Waals surface area contributed by atoms with Gasteiger partial charge in [-0.3, -0.25) is 0 Å². The molecule has 1 N–H and O–H groups in total. The largest absolute Gasteiger partial charge is 0.463 e. The second kappa shape index (κ2) is 7.40. The van der Waals surface area contributed by atoms with Crippen LogP contribution in [0.2, 0.25) is 0 Å². The molecule has 0 bridgehead atoms. The Morgan fingerprint density at radius 2 is 2.19 bits per heavy atom. The molecule has 7 heteroatoms. The summed E-state index contributed by atoms with van der Waals surface area (Å²) in [5.41, 5.74) is 0. The highest BCUT2D eigenvalue weighted by Gasteiger charge is 2.23. The average Bonchev–Trinajstić information content (AvgIpc) is 2.90. The molecule has 2 heterocycles. The number of hydrogen-bond donors (Lipinski definition) is 1. The molecule has 1 saturated heterocycles. The maximum absolute atomic E-state index is 5.54. The topological polar surface area (TPSA) is 66.4 Å². The fourth-order valence-electron chi connectivity index (χ4n) is 2.49. The van der Waals surface area contributed by atoms with Crippen LogP contribution in [0.15, 0.2) is 0 Å². The molecule has 0 amide bonds. The van der Waals surface area contributed by atoms with Gasteiger partial charge in [-0.1, -0.05) is 6.92 Å². The summed E-state index contributed by atoms with van der Waals surface area (Å²) in [7, 11) is 5.99. The summed E-state index contributed by atoms with van der Waals surface area (Å²) in [6, 6.07) is 0.947. The van der Waals surface area contributed by atoms with Crippen molar-refractivity contribution in [3.8, 4) is 6.01 Å². The molecule has 1 aliphatic heterocycles. The van der Waals surface area contributed by atoms with Crippen molar-refractivity contribution in [2.45, 2.75) is 32.2 Å². The predicted octanol–water partition coefficient (Wildman–Crippen LogP) is 1.23. The molecule has 1 fully saturated rings. The first kappa shape index (κ1) is 15.8. The number of nitrogens with one attached hydrogen (secondary N) is 1. The highest BCUT2D eigenvalue weighted by Crippen LogP contribution is 2.19. The van der Waals surface area contributed by atoms with Crippen molar-refractivity contribution in [1.82, 2.24) is 19.9 Å². The molecule has 1 aromatic rings. The van der Waals surface area contributed by atoms with Crippen LogP contribution >= 0.6 is 0 Å². The van der Waals surface area contributed by atoms with E-state index >= 15 is 0 Å². The lowest BCUT2D eigenvalue weighted by Crippen LogP contribution is -2.37. The zero-order valence-corrected chi connectivity index (χ0v) is 13.5. The standard InChI is InChI=1S/C14H26N6O/c1-5-9-21-14-17-12(15-2)16-13(18-14)20(4)10-11-7-6-8-19(11)3/h11H,5-10H2,1-4H3,(H,15,16,17,18). The molecular weight excluding hydrogens is 268 g/mol. The first-order valence-corrected chi connectivity index (χ1v) is 7.62. The molecule has 1 aliphatic rings. The van der Waals surface area contributed by atoms with E-state index in [9.17, 15) is 0 Å². The minimum Gasteiger partial charge on any atom is -0.463 e. The van der Waals surface area contributed by atoms with Crippen LogP contribution in [0.25, 0.3) is 0 Å². The number of ether oxygens (including phenoxy) is 1. The SMILES string of the molecule is CCCOc1nc(NC)nc(N(C)CC2CCCN2C)n1. The van der Waals surface area contributed by atoms with Crippen molar-refractivity contribution in [2.75, 3.05) is 51.1 Å². The van der Waals surface area contributed by atoms with Crippen LogP contribution in [0.1, 0.15) is 26.2 Å². The number of anilines is 2. The number of rotatable bonds is 7. The zero-order chi connectivity index (χ0) is 15.2. The van der Waals surface area contributed by atoms with E-state index in [1.807, 2.05) is 7.05 Å². The summed E-state index contributed by atoms with van der Waals surface area (Å²) in [5.74, 6) is 1.19. The Balaban J connectivity index is 2.09. The lowest BCUT2D eigenvalue weighted by Gasteiger charge is -2.26. The van der Waals surface area contributed by atoms with Crippen molar-refractivity contribution in [3.63, 3.8) is 0 Å². The van der Waals surface area contributed by atoms with Crippen LogP contribution in [0.3, 0.4) is 0 Å². The maximum Gasteiger partial charge on any atom is 0.323 e. The molecule has 1 unspecified atom stereocenters. The van der Waals surface area contributed by atoms with E-state index in [1.165, 1.54) is 19.4 Å². The summed E-state index contributed by atoms with van der Waals surface area (Å²) in [5, 5.41) is 2.96. The van der Waals surface area contributed by atoms with Crippen LogP contribution in [0.4, 0.5) is 11.9 Å². The van der Waals surface area contributed by atoms with Crippen LogP contribution in [-0.2, 0) is 0 Å². The Morgan fingerprint density at radius 3 is 2.81 bits per heavy atom. The van der Waals surface area contributed by atoms with E-state index < -0.39 is 0 Å². The quantitative estimate of drug-likeness (QED) is 0.811. The van der Waals surface area contributed by atoms with Gasteiger partial charge in [0.1, 0.15) is 0 Å². The van der Waals surface area contributed by atoms with Gasteiger partial charge in [-0.25, -0.2) is 0 Å². The van der Waals surface area contributed by atoms with Crippen LogP contribution in [0.5, 0.6) is 6.01 Å². The van der Waals surface area contributed by atoms with Gasteiger partial charge in [0.25, 0.3) is 0 Å². The third-order valence-corrected chi connectivity index (χ3v) is 3.76. The van der Waals surface area contributed by atoms with E-state index in [0.29, 0.717) is 30.6 Å². The average molecular weight is 294 g/mol. The lowest BCUT2D eigenvalue weighted by molar-refractivity contribution is 0.291. The van der Waals surface area contributed by atoms with Gasteiger partial charge in [0.05, 0.1) is 6.61 Å². The van der Waals surface area contributed by atoms with Crippen molar-refractivity contribution in [1.29, 1.82) is 0 Å². The third kappa shape index (κ3) is 4.17. The van der Waals surface area contributed by atoms with Gasteiger partial charge in [0.15, 0.2) is 0 Å². The van der Waals surface area contributed by atoms with Crippen LogP contribution in [-0.4, -0.2) is 66.7 Å². The van der Waals surface area contributed by atoms with Gasteiger partial charge in [0.2, 0.25) is 11.9 Å². The predicted molar refractivity (Wildman–Crippen MR) is 84.1 cm³/mol. The Kier molecular flexibility index (Phi) is 5.55. The monoisotopic (exact) mass is 294 g/mol. The Morgan fingerprint density at radius 1 is 1.38 bits per heavy atom. The number of nitrogens with zero attached hydrogens (tertiary/aromatic N) is 5. The second-order valence-electron chi connectivity index (χ2n) is 5.50. The van der Waals surface area contributed by atoms with E-state index in [2.05, 4.69) is 44.0 Å². The minimum atomic E-state index is 0.387. The molecule has 1 aromatic heterocycles. The highest BCUT2D eigenvalue weighted by atomic mass is 16.5. The Hall–Kier alpha value is -1.63. The first-order chi connectivity index (χ1) is 10.1. The number of likely N-dealkylation sites (N-methyl/N-ethyl adjacent to an activating group) is 2. The van der Waals surface area contributed by atoms with E-state index in [4.69, 9.17) is 4.74 Å². The number of likely N-dealkylation sites (tertiary alicyclic amines) is 1.